The highest BCUT2D eigenvalue weighted by atomic mass is 16.3. The number of allylic oxidation sites excluding steroid dienone is 9. The molecule has 0 heterocycles. The summed E-state index contributed by atoms with van der Waals surface area (Å²) in [6.45, 7) is 4.31. The van der Waals surface area contributed by atoms with E-state index < -0.39 is 12.1 Å². The lowest BCUT2D eigenvalue weighted by atomic mass is 10.0. The summed E-state index contributed by atoms with van der Waals surface area (Å²) in [5, 5.41) is 23.1. The maximum atomic E-state index is 12.5. The second kappa shape index (κ2) is 55.4. The van der Waals surface area contributed by atoms with Crippen molar-refractivity contribution in [1.82, 2.24) is 5.32 Å². The molecule has 64 heavy (non-hydrogen) atoms. The summed E-state index contributed by atoms with van der Waals surface area (Å²) in [6.07, 6.45) is 78.1. The molecule has 0 aromatic heterocycles. The first-order chi connectivity index (χ1) is 31.7. The maximum absolute atomic E-state index is 12.5. The number of nitrogens with one attached hydrogen (secondary N) is 1. The van der Waals surface area contributed by atoms with Crippen molar-refractivity contribution >= 4 is 5.91 Å². The lowest BCUT2D eigenvalue weighted by molar-refractivity contribution is -0.123. The summed E-state index contributed by atoms with van der Waals surface area (Å²) in [5.41, 5.74) is 0. The van der Waals surface area contributed by atoms with Crippen LogP contribution in [0.5, 0.6) is 0 Å². The first-order valence-electron chi connectivity index (χ1n) is 28.5. The number of carbonyl (C=O) groups excluding carboxylic acids is 1. The summed E-state index contributed by atoms with van der Waals surface area (Å²) in [4.78, 5) is 12.5. The predicted molar refractivity (Wildman–Crippen MR) is 285 cm³/mol. The van der Waals surface area contributed by atoms with E-state index in [-0.39, 0.29) is 12.5 Å². The lowest BCUT2D eigenvalue weighted by Crippen LogP contribution is -2.45. The second-order valence-electron chi connectivity index (χ2n) is 19.3. The van der Waals surface area contributed by atoms with Gasteiger partial charge in [0, 0.05) is 6.42 Å². The van der Waals surface area contributed by atoms with Gasteiger partial charge < -0.3 is 15.5 Å². The summed E-state index contributed by atoms with van der Waals surface area (Å²) < 4.78 is 0. The molecule has 0 radical (unpaired) electrons. The van der Waals surface area contributed by atoms with Crippen LogP contribution in [-0.2, 0) is 4.79 Å². The van der Waals surface area contributed by atoms with Crippen molar-refractivity contribution in [2.75, 3.05) is 6.61 Å². The van der Waals surface area contributed by atoms with Crippen LogP contribution in [0.3, 0.4) is 0 Å². The number of amides is 1. The Labute approximate surface area is 400 Å². The van der Waals surface area contributed by atoms with Gasteiger partial charge in [-0.25, -0.2) is 0 Å². The maximum Gasteiger partial charge on any atom is 0.220 e. The van der Waals surface area contributed by atoms with Crippen molar-refractivity contribution in [1.29, 1.82) is 0 Å². The fourth-order valence-corrected chi connectivity index (χ4v) is 8.60. The molecule has 0 aliphatic carbocycles. The summed E-state index contributed by atoms with van der Waals surface area (Å²) >= 11 is 0. The average Bonchev–Trinajstić information content (AvgIpc) is 3.30. The number of hydrogen-bond donors (Lipinski definition) is 3. The van der Waals surface area contributed by atoms with Gasteiger partial charge in [0.25, 0.3) is 0 Å². The first-order valence-corrected chi connectivity index (χ1v) is 28.5. The van der Waals surface area contributed by atoms with E-state index in [1.807, 2.05) is 6.08 Å². The molecule has 0 aromatic rings. The Kier molecular flexibility index (Phi) is 53.8. The molecule has 0 aliphatic rings. The van der Waals surface area contributed by atoms with Crippen molar-refractivity contribution < 1.29 is 15.0 Å². The summed E-state index contributed by atoms with van der Waals surface area (Å²) in [5.74, 6) is -0.0753. The fourth-order valence-electron chi connectivity index (χ4n) is 8.60. The number of unbranched alkanes of at least 4 members (excludes halogenated alkanes) is 37. The van der Waals surface area contributed by atoms with Crippen LogP contribution in [0.25, 0.3) is 0 Å². The number of aliphatic hydroxyl groups is 2. The molecule has 0 fully saturated rings. The Balaban J connectivity index is 3.54. The molecule has 374 valence electrons. The van der Waals surface area contributed by atoms with E-state index in [9.17, 15) is 15.0 Å². The normalized spacial score (nSPS) is 13.2. The highest BCUT2D eigenvalue weighted by Crippen LogP contribution is 2.16. The summed E-state index contributed by atoms with van der Waals surface area (Å²) in [7, 11) is 0. The zero-order chi connectivity index (χ0) is 46.3. The Morgan fingerprint density at radius 3 is 1.00 bits per heavy atom. The van der Waals surface area contributed by atoms with Gasteiger partial charge in [-0.15, -0.1) is 0 Å². The van der Waals surface area contributed by atoms with Crippen LogP contribution >= 0.6 is 0 Å². The molecule has 0 saturated carbocycles. The molecule has 4 nitrogen and oxygen atoms in total. The van der Waals surface area contributed by atoms with Crippen LogP contribution < -0.4 is 5.32 Å². The Bertz CT molecular complexity index is 1060. The molecule has 0 aromatic carbocycles. The zero-order valence-corrected chi connectivity index (χ0v) is 43.1. The van der Waals surface area contributed by atoms with Crippen molar-refractivity contribution in [3.05, 3.63) is 60.8 Å². The highest BCUT2D eigenvalue weighted by molar-refractivity contribution is 5.76. The molecule has 1 amide bonds. The smallest absolute Gasteiger partial charge is 0.220 e. The fraction of sp³-hybridized carbons (Fsp3) is 0.817. The molecule has 0 aliphatic heterocycles. The predicted octanol–water partition coefficient (Wildman–Crippen LogP) is 18.8. The molecule has 3 N–H and O–H groups in total. The average molecular weight is 895 g/mol. The number of carbonyl (C=O) groups is 1. The van der Waals surface area contributed by atoms with Gasteiger partial charge >= 0.3 is 0 Å². The SMILES string of the molecule is CCCCCCC/C=C\C/C=C\CCCCCCCCCCCCCCCCCCCC(=O)NC(CO)C(O)/C=C/CC/C=C/CC/C=C/CCCCCCCCCCCCCCC. The Morgan fingerprint density at radius 2 is 0.656 bits per heavy atom. The minimum atomic E-state index is -0.872. The van der Waals surface area contributed by atoms with Gasteiger partial charge in [-0.1, -0.05) is 274 Å². The molecule has 0 spiro atoms. The van der Waals surface area contributed by atoms with Crippen LogP contribution in [0.4, 0.5) is 0 Å². The molecule has 2 unspecified atom stereocenters. The van der Waals surface area contributed by atoms with E-state index in [1.54, 1.807) is 6.08 Å². The number of aliphatic hydroxyl groups excluding tert-OH is 2. The van der Waals surface area contributed by atoms with Crippen LogP contribution in [0.1, 0.15) is 296 Å². The first kappa shape index (κ1) is 62.1. The Hall–Kier alpha value is -1.91. The van der Waals surface area contributed by atoms with Gasteiger partial charge in [-0.3, -0.25) is 4.79 Å². The molecule has 4 heteroatoms. The van der Waals surface area contributed by atoms with Crippen molar-refractivity contribution in [2.45, 2.75) is 309 Å². The summed E-state index contributed by atoms with van der Waals surface area (Å²) in [6, 6.07) is -0.647. The Morgan fingerprint density at radius 1 is 0.375 bits per heavy atom. The van der Waals surface area contributed by atoms with Gasteiger partial charge in [-0.05, 0) is 77.0 Å². The van der Waals surface area contributed by atoms with E-state index in [0.29, 0.717) is 6.42 Å². The van der Waals surface area contributed by atoms with Gasteiger partial charge in [-0.2, -0.15) is 0 Å². The molecule has 0 saturated heterocycles. The van der Waals surface area contributed by atoms with Gasteiger partial charge in [0.05, 0.1) is 18.8 Å². The van der Waals surface area contributed by atoms with Gasteiger partial charge in [0.15, 0.2) is 0 Å². The standard InChI is InChI=1S/C60H111NO3/c1-3-5-7-9-11-13-15-17-19-21-23-25-27-28-29-30-31-32-34-36-38-40-42-44-46-48-50-52-54-56-60(64)61-58(57-62)59(63)55-53-51-49-47-45-43-41-39-37-35-33-26-24-22-20-18-16-14-12-10-8-6-4-2/h15,17,21,23,37,39,45,47,53,55,58-59,62-63H,3-14,16,18-20,22,24-36,38,40-44,46,48-52,54,56-57H2,1-2H3,(H,61,64)/b17-15-,23-21-,39-37+,47-45+,55-53+. The van der Waals surface area contributed by atoms with Crippen LogP contribution in [0.2, 0.25) is 0 Å². The minimum absolute atomic E-state index is 0.0753. The van der Waals surface area contributed by atoms with Gasteiger partial charge in [0.2, 0.25) is 5.91 Å². The van der Waals surface area contributed by atoms with E-state index in [2.05, 4.69) is 67.8 Å². The molecular weight excluding hydrogens is 783 g/mol. The van der Waals surface area contributed by atoms with Crippen LogP contribution in [0, 0.1) is 0 Å². The number of hydrogen-bond acceptors (Lipinski definition) is 3. The lowest BCUT2D eigenvalue weighted by Gasteiger charge is -2.19. The molecular formula is C60H111NO3. The van der Waals surface area contributed by atoms with Gasteiger partial charge in [0.1, 0.15) is 0 Å². The third-order valence-electron chi connectivity index (χ3n) is 13.0. The zero-order valence-electron chi connectivity index (χ0n) is 43.1. The van der Waals surface area contributed by atoms with E-state index in [1.165, 1.54) is 231 Å². The monoisotopic (exact) mass is 894 g/mol. The topological polar surface area (TPSA) is 69.6 Å². The molecule has 0 rings (SSSR count). The third-order valence-corrected chi connectivity index (χ3v) is 13.0. The molecule has 0 bridgehead atoms. The van der Waals surface area contributed by atoms with Crippen molar-refractivity contribution in [2.24, 2.45) is 0 Å². The quantitative estimate of drug-likeness (QED) is 0.0421. The van der Waals surface area contributed by atoms with E-state index >= 15 is 0 Å². The van der Waals surface area contributed by atoms with Crippen molar-refractivity contribution in [3.8, 4) is 0 Å². The molecule has 2 atom stereocenters. The van der Waals surface area contributed by atoms with E-state index in [0.717, 1.165) is 44.9 Å². The largest absolute Gasteiger partial charge is 0.394 e. The van der Waals surface area contributed by atoms with Crippen molar-refractivity contribution in [3.63, 3.8) is 0 Å². The van der Waals surface area contributed by atoms with Crippen LogP contribution in [0.15, 0.2) is 60.8 Å². The third kappa shape index (κ3) is 51.1. The highest BCUT2D eigenvalue weighted by Gasteiger charge is 2.18. The second-order valence-corrected chi connectivity index (χ2v) is 19.3. The number of rotatable bonds is 52. The van der Waals surface area contributed by atoms with Crippen LogP contribution in [-0.4, -0.2) is 34.9 Å². The van der Waals surface area contributed by atoms with E-state index in [4.69, 9.17) is 0 Å². The minimum Gasteiger partial charge on any atom is -0.394 e.